The van der Waals surface area contributed by atoms with Crippen molar-refractivity contribution >= 4 is 0 Å². The standard InChI is InChI=1S/C19H25N3/c1-15(2)17-7-5-16(6-8-17)14-22-11-10-21-13-19(22)18-4-3-9-20-12-18/h3-9,12,15,19,21H,10-11,13-14H2,1-2H3. The molecule has 0 amide bonds. The molecule has 0 aliphatic carbocycles. The van der Waals surface area contributed by atoms with Crippen LogP contribution in [0.5, 0.6) is 0 Å². The molecule has 1 unspecified atom stereocenters. The van der Waals surface area contributed by atoms with Crippen molar-refractivity contribution in [1.82, 2.24) is 15.2 Å². The summed E-state index contributed by atoms with van der Waals surface area (Å²) in [6.07, 6.45) is 3.83. The Kier molecular flexibility index (Phi) is 4.86. The first kappa shape index (κ1) is 15.2. The number of hydrogen-bond donors (Lipinski definition) is 1. The summed E-state index contributed by atoms with van der Waals surface area (Å²) in [4.78, 5) is 6.83. The highest BCUT2D eigenvalue weighted by molar-refractivity contribution is 5.25. The Morgan fingerprint density at radius 2 is 2.05 bits per heavy atom. The number of benzene rings is 1. The minimum absolute atomic E-state index is 0.409. The average molecular weight is 295 g/mol. The highest BCUT2D eigenvalue weighted by Gasteiger charge is 2.23. The minimum Gasteiger partial charge on any atom is -0.314 e. The third kappa shape index (κ3) is 3.54. The van der Waals surface area contributed by atoms with Gasteiger partial charge in [0.1, 0.15) is 0 Å². The second kappa shape index (κ2) is 7.03. The van der Waals surface area contributed by atoms with E-state index in [0.29, 0.717) is 12.0 Å². The fraction of sp³-hybridized carbons (Fsp3) is 0.421. The van der Waals surface area contributed by atoms with Crippen molar-refractivity contribution < 1.29 is 0 Å². The fourth-order valence-electron chi connectivity index (χ4n) is 3.08. The van der Waals surface area contributed by atoms with Gasteiger partial charge in [-0.1, -0.05) is 44.2 Å². The van der Waals surface area contributed by atoms with Gasteiger partial charge in [0.05, 0.1) is 0 Å². The van der Waals surface area contributed by atoms with Crippen LogP contribution in [0, 0.1) is 0 Å². The molecule has 2 aromatic rings. The molecule has 1 aliphatic rings. The van der Waals surface area contributed by atoms with E-state index < -0.39 is 0 Å². The number of nitrogens with one attached hydrogen (secondary N) is 1. The van der Waals surface area contributed by atoms with E-state index in [2.05, 4.69) is 59.4 Å². The summed E-state index contributed by atoms with van der Waals surface area (Å²) in [6.45, 7) is 8.61. The largest absolute Gasteiger partial charge is 0.314 e. The second-order valence-electron chi connectivity index (χ2n) is 6.37. The zero-order valence-corrected chi connectivity index (χ0v) is 13.5. The maximum absolute atomic E-state index is 4.28. The fourth-order valence-corrected chi connectivity index (χ4v) is 3.08. The van der Waals surface area contributed by atoms with Gasteiger partial charge >= 0.3 is 0 Å². The topological polar surface area (TPSA) is 28.2 Å². The molecule has 1 aromatic carbocycles. The van der Waals surface area contributed by atoms with Crippen molar-refractivity contribution in [2.24, 2.45) is 0 Å². The minimum atomic E-state index is 0.409. The first-order valence-electron chi connectivity index (χ1n) is 8.17. The molecule has 1 saturated heterocycles. The monoisotopic (exact) mass is 295 g/mol. The molecule has 1 aromatic heterocycles. The molecular formula is C19H25N3. The summed E-state index contributed by atoms with van der Waals surface area (Å²) in [6, 6.07) is 13.7. The molecule has 116 valence electrons. The summed E-state index contributed by atoms with van der Waals surface area (Å²) < 4.78 is 0. The Morgan fingerprint density at radius 1 is 1.23 bits per heavy atom. The van der Waals surface area contributed by atoms with Crippen molar-refractivity contribution in [3.05, 3.63) is 65.5 Å². The zero-order chi connectivity index (χ0) is 15.4. The van der Waals surface area contributed by atoms with Gasteiger partial charge in [0.15, 0.2) is 0 Å². The third-order valence-electron chi connectivity index (χ3n) is 4.46. The van der Waals surface area contributed by atoms with E-state index in [4.69, 9.17) is 0 Å². The highest BCUT2D eigenvalue weighted by atomic mass is 15.2. The van der Waals surface area contributed by atoms with Crippen molar-refractivity contribution in [3.8, 4) is 0 Å². The van der Waals surface area contributed by atoms with E-state index in [-0.39, 0.29) is 0 Å². The molecule has 0 spiro atoms. The van der Waals surface area contributed by atoms with E-state index in [1.54, 1.807) is 0 Å². The van der Waals surface area contributed by atoms with E-state index in [0.717, 1.165) is 26.2 Å². The van der Waals surface area contributed by atoms with Crippen LogP contribution in [0.15, 0.2) is 48.8 Å². The lowest BCUT2D eigenvalue weighted by atomic mass is 10.0. The first-order chi connectivity index (χ1) is 10.7. The quantitative estimate of drug-likeness (QED) is 0.937. The van der Waals surface area contributed by atoms with Crippen molar-refractivity contribution in [3.63, 3.8) is 0 Å². The van der Waals surface area contributed by atoms with Crippen LogP contribution < -0.4 is 5.32 Å². The van der Waals surface area contributed by atoms with Crippen molar-refractivity contribution in [2.45, 2.75) is 32.4 Å². The van der Waals surface area contributed by atoms with Crippen LogP contribution in [0.1, 0.15) is 42.5 Å². The SMILES string of the molecule is CC(C)c1ccc(CN2CCNCC2c2cccnc2)cc1. The average Bonchev–Trinajstić information content (AvgIpc) is 2.57. The Labute approximate surface area is 133 Å². The molecule has 0 radical (unpaired) electrons. The Balaban J connectivity index is 1.74. The Bertz CT molecular complexity index is 577. The number of pyridine rings is 1. The summed E-state index contributed by atoms with van der Waals surface area (Å²) in [7, 11) is 0. The van der Waals surface area contributed by atoms with Gasteiger partial charge in [0.2, 0.25) is 0 Å². The van der Waals surface area contributed by atoms with E-state index in [1.165, 1.54) is 16.7 Å². The molecule has 0 saturated carbocycles. The number of piperazine rings is 1. The van der Waals surface area contributed by atoms with Crippen LogP contribution in [0.25, 0.3) is 0 Å². The highest BCUT2D eigenvalue weighted by Crippen LogP contribution is 2.24. The van der Waals surface area contributed by atoms with Crippen LogP contribution in [0.4, 0.5) is 0 Å². The van der Waals surface area contributed by atoms with E-state index >= 15 is 0 Å². The van der Waals surface area contributed by atoms with Crippen LogP contribution >= 0.6 is 0 Å². The predicted molar refractivity (Wildman–Crippen MR) is 90.8 cm³/mol. The maximum Gasteiger partial charge on any atom is 0.0491 e. The second-order valence-corrected chi connectivity index (χ2v) is 6.37. The maximum atomic E-state index is 4.28. The van der Waals surface area contributed by atoms with E-state index in [9.17, 15) is 0 Å². The molecule has 3 nitrogen and oxygen atoms in total. The van der Waals surface area contributed by atoms with E-state index in [1.807, 2.05) is 18.5 Å². The molecule has 0 bridgehead atoms. The molecule has 2 heterocycles. The van der Waals surface area contributed by atoms with Crippen LogP contribution in [0.2, 0.25) is 0 Å². The van der Waals surface area contributed by atoms with Crippen molar-refractivity contribution in [2.75, 3.05) is 19.6 Å². The zero-order valence-electron chi connectivity index (χ0n) is 13.5. The lowest BCUT2D eigenvalue weighted by Gasteiger charge is -2.36. The molecule has 22 heavy (non-hydrogen) atoms. The molecule has 1 N–H and O–H groups in total. The number of aromatic nitrogens is 1. The normalized spacial score (nSPS) is 19.5. The summed E-state index contributed by atoms with van der Waals surface area (Å²) in [5, 5.41) is 3.50. The molecule has 3 heteroatoms. The van der Waals surface area contributed by atoms with Gasteiger partial charge in [0, 0.05) is 44.6 Å². The van der Waals surface area contributed by atoms with Crippen LogP contribution in [-0.4, -0.2) is 29.5 Å². The van der Waals surface area contributed by atoms with Gasteiger partial charge in [-0.25, -0.2) is 0 Å². The lowest BCUT2D eigenvalue weighted by Crippen LogP contribution is -2.45. The molecule has 3 rings (SSSR count). The van der Waals surface area contributed by atoms with Gasteiger partial charge in [-0.05, 0) is 28.7 Å². The number of hydrogen-bond acceptors (Lipinski definition) is 3. The Hall–Kier alpha value is -1.71. The third-order valence-corrected chi connectivity index (χ3v) is 4.46. The van der Waals surface area contributed by atoms with Gasteiger partial charge in [-0.3, -0.25) is 9.88 Å². The number of nitrogens with zero attached hydrogens (tertiary/aromatic N) is 2. The summed E-state index contributed by atoms with van der Waals surface area (Å²) >= 11 is 0. The van der Waals surface area contributed by atoms with Gasteiger partial charge in [0.25, 0.3) is 0 Å². The first-order valence-corrected chi connectivity index (χ1v) is 8.17. The van der Waals surface area contributed by atoms with Crippen LogP contribution in [-0.2, 0) is 6.54 Å². The van der Waals surface area contributed by atoms with Crippen LogP contribution in [0.3, 0.4) is 0 Å². The smallest absolute Gasteiger partial charge is 0.0491 e. The molecule has 1 fully saturated rings. The molecular weight excluding hydrogens is 270 g/mol. The summed E-state index contributed by atoms with van der Waals surface area (Å²) in [5.74, 6) is 0.594. The van der Waals surface area contributed by atoms with Gasteiger partial charge in [-0.15, -0.1) is 0 Å². The lowest BCUT2D eigenvalue weighted by molar-refractivity contribution is 0.153. The van der Waals surface area contributed by atoms with Crippen molar-refractivity contribution in [1.29, 1.82) is 0 Å². The van der Waals surface area contributed by atoms with Gasteiger partial charge in [-0.2, -0.15) is 0 Å². The van der Waals surface area contributed by atoms with Gasteiger partial charge < -0.3 is 5.32 Å². The Morgan fingerprint density at radius 3 is 2.73 bits per heavy atom. The molecule has 1 atom stereocenters. The summed E-state index contributed by atoms with van der Waals surface area (Å²) in [5.41, 5.74) is 4.10. The number of rotatable bonds is 4. The predicted octanol–water partition coefficient (Wildman–Crippen LogP) is 3.35. The molecule has 1 aliphatic heterocycles.